The van der Waals surface area contributed by atoms with Crippen LogP contribution in [-0.2, 0) is 13.0 Å². The molecule has 0 radical (unpaired) electrons. The monoisotopic (exact) mass is 351 g/mol. The van der Waals surface area contributed by atoms with E-state index in [9.17, 15) is 0 Å². The Labute approximate surface area is 134 Å². The van der Waals surface area contributed by atoms with Crippen molar-refractivity contribution in [3.05, 3.63) is 68.7 Å². The highest BCUT2D eigenvalue weighted by molar-refractivity contribution is 9.10. The molecule has 0 fully saturated rings. The molecule has 2 rings (SSSR count). The van der Waals surface area contributed by atoms with Gasteiger partial charge in [0, 0.05) is 17.1 Å². The summed E-state index contributed by atoms with van der Waals surface area (Å²) < 4.78 is 0.936. The molecule has 0 aromatic heterocycles. The maximum Gasteiger partial charge on any atom is 0.0551 e. The summed E-state index contributed by atoms with van der Waals surface area (Å²) in [5, 5.41) is 4.28. The van der Waals surface area contributed by atoms with Gasteiger partial charge in [-0.15, -0.1) is 0 Å². The number of aryl methyl sites for hydroxylation is 1. The Balaban J connectivity index is 1.96. The zero-order valence-corrected chi connectivity index (χ0v) is 14.1. The van der Waals surface area contributed by atoms with Crippen LogP contribution in [0.3, 0.4) is 0 Å². The third-order valence-corrected chi connectivity index (χ3v) is 4.72. The Morgan fingerprint density at radius 3 is 2.35 bits per heavy atom. The Kier molecular flexibility index (Phi) is 5.64. The van der Waals surface area contributed by atoms with Crippen LogP contribution in [0.1, 0.15) is 36.6 Å². The first-order chi connectivity index (χ1) is 9.60. The van der Waals surface area contributed by atoms with Gasteiger partial charge in [0.25, 0.3) is 0 Å². The molecule has 0 aliphatic carbocycles. The highest BCUT2D eigenvalue weighted by Gasteiger charge is 2.05. The number of benzene rings is 2. The van der Waals surface area contributed by atoms with Gasteiger partial charge >= 0.3 is 0 Å². The van der Waals surface area contributed by atoms with Crippen LogP contribution in [0.5, 0.6) is 0 Å². The van der Waals surface area contributed by atoms with Crippen molar-refractivity contribution in [1.29, 1.82) is 0 Å². The molecule has 0 heterocycles. The number of halogens is 2. The molecule has 1 atom stereocenters. The Morgan fingerprint density at radius 1 is 1.10 bits per heavy atom. The third-order valence-electron chi connectivity index (χ3n) is 3.48. The maximum atomic E-state index is 6.10. The van der Waals surface area contributed by atoms with E-state index in [1.807, 2.05) is 12.1 Å². The highest BCUT2D eigenvalue weighted by atomic mass is 79.9. The Bertz CT molecular complexity index is 566. The van der Waals surface area contributed by atoms with Crippen molar-refractivity contribution in [2.24, 2.45) is 0 Å². The second kappa shape index (κ2) is 7.26. The second-order valence-corrected chi connectivity index (χ2v) is 6.21. The van der Waals surface area contributed by atoms with Gasteiger partial charge in [0.05, 0.1) is 5.02 Å². The minimum atomic E-state index is 0.323. The van der Waals surface area contributed by atoms with E-state index < -0.39 is 0 Å². The summed E-state index contributed by atoms with van der Waals surface area (Å²) >= 11 is 9.51. The molecule has 1 nitrogen and oxygen atoms in total. The van der Waals surface area contributed by atoms with Gasteiger partial charge in [0.1, 0.15) is 0 Å². The van der Waals surface area contributed by atoms with E-state index in [1.165, 1.54) is 16.7 Å². The zero-order chi connectivity index (χ0) is 14.5. The SMILES string of the molecule is CCc1ccc(C(C)NCc2ccc(Br)c(Cl)c2)cc1. The molecule has 20 heavy (non-hydrogen) atoms. The molecule has 0 aliphatic heterocycles. The summed E-state index contributed by atoms with van der Waals surface area (Å²) in [6.07, 6.45) is 1.08. The van der Waals surface area contributed by atoms with Crippen LogP contribution in [-0.4, -0.2) is 0 Å². The molecule has 0 saturated heterocycles. The molecule has 0 spiro atoms. The van der Waals surface area contributed by atoms with E-state index in [-0.39, 0.29) is 0 Å². The Morgan fingerprint density at radius 2 is 1.75 bits per heavy atom. The molecule has 1 unspecified atom stereocenters. The summed E-state index contributed by atoms with van der Waals surface area (Å²) in [4.78, 5) is 0. The highest BCUT2D eigenvalue weighted by Crippen LogP contribution is 2.23. The molecular formula is C17H19BrClN. The van der Waals surface area contributed by atoms with Crippen molar-refractivity contribution in [3.63, 3.8) is 0 Å². The van der Waals surface area contributed by atoms with Crippen molar-refractivity contribution in [2.75, 3.05) is 0 Å². The molecule has 0 saturated carbocycles. The first-order valence-electron chi connectivity index (χ1n) is 6.86. The lowest BCUT2D eigenvalue weighted by Gasteiger charge is -2.15. The lowest BCUT2D eigenvalue weighted by molar-refractivity contribution is 0.574. The van der Waals surface area contributed by atoms with Crippen molar-refractivity contribution in [2.45, 2.75) is 32.9 Å². The van der Waals surface area contributed by atoms with Crippen LogP contribution < -0.4 is 5.32 Å². The fraction of sp³-hybridized carbons (Fsp3) is 0.294. The quantitative estimate of drug-likeness (QED) is 0.747. The minimum Gasteiger partial charge on any atom is -0.306 e. The van der Waals surface area contributed by atoms with Crippen LogP contribution in [0.2, 0.25) is 5.02 Å². The van der Waals surface area contributed by atoms with Crippen LogP contribution in [0.15, 0.2) is 46.9 Å². The summed E-state index contributed by atoms with van der Waals surface area (Å²) in [6.45, 7) is 5.17. The predicted molar refractivity (Wildman–Crippen MR) is 90.2 cm³/mol. The summed E-state index contributed by atoms with van der Waals surface area (Å²) in [6, 6.07) is 15.2. The fourth-order valence-electron chi connectivity index (χ4n) is 2.08. The summed E-state index contributed by atoms with van der Waals surface area (Å²) in [5.41, 5.74) is 3.88. The zero-order valence-electron chi connectivity index (χ0n) is 11.8. The molecule has 0 aliphatic rings. The van der Waals surface area contributed by atoms with Gasteiger partial charge in [0.15, 0.2) is 0 Å². The molecule has 0 bridgehead atoms. The normalized spacial score (nSPS) is 12.4. The van der Waals surface area contributed by atoms with Crippen LogP contribution >= 0.6 is 27.5 Å². The molecule has 2 aromatic rings. The lowest BCUT2D eigenvalue weighted by atomic mass is 10.0. The number of nitrogens with one attached hydrogen (secondary N) is 1. The summed E-state index contributed by atoms with van der Waals surface area (Å²) in [7, 11) is 0. The largest absolute Gasteiger partial charge is 0.306 e. The van der Waals surface area contributed by atoms with Crippen LogP contribution in [0, 0.1) is 0 Å². The van der Waals surface area contributed by atoms with E-state index >= 15 is 0 Å². The fourth-order valence-corrected chi connectivity index (χ4v) is 2.53. The summed E-state index contributed by atoms with van der Waals surface area (Å²) in [5.74, 6) is 0. The lowest BCUT2D eigenvalue weighted by Crippen LogP contribution is -2.18. The first-order valence-corrected chi connectivity index (χ1v) is 8.03. The van der Waals surface area contributed by atoms with Gasteiger partial charge in [-0.1, -0.05) is 48.9 Å². The second-order valence-electron chi connectivity index (χ2n) is 4.95. The van der Waals surface area contributed by atoms with Crippen molar-refractivity contribution in [1.82, 2.24) is 5.32 Å². The molecular weight excluding hydrogens is 334 g/mol. The van der Waals surface area contributed by atoms with Gasteiger partial charge in [0.2, 0.25) is 0 Å². The van der Waals surface area contributed by atoms with Gasteiger partial charge < -0.3 is 5.32 Å². The van der Waals surface area contributed by atoms with E-state index in [1.54, 1.807) is 0 Å². The molecule has 2 aromatic carbocycles. The van der Waals surface area contributed by atoms with Gasteiger partial charge in [-0.2, -0.15) is 0 Å². The van der Waals surface area contributed by atoms with E-state index in [0.717, 1.165) is 22.5 Å². The number of rotatable bonds is 5. The standard InChI is InChI=1S/C17H19BrClN/c1-3-13-4-7-15(8-5-13)12(2)20-11-14-6-9-16(18)17(19)10-14/h4-10,12,20H,3,11H2,1-2H3. The topological polar surface area (TPSA) is 12.0 Å². The maximum absolute atomic E-state index is 6.10. The first kappa shape index (κ1) is 15.6. The average Bonchev–Trinajstić information content (AvgIpc) is 2.48. The number of hydrogen-bond acceptors (Lipinski definition) is 1. The third kappa shape index (κ3) is 4.08. The van der Waals surface area contributed by atoms with Crippen molar-refractivity contribution >= 4 is 27.5 Å². The molecule has 106 valence electrons. The van der Waals surface area contributed by atoms with Crippen molar-refractivity contribution in [3.8, 4) is 0 Å². The van der Waals surface area contributed by atoms with Gasteiger partial charge in [-0.05, 0) is 58.1 Å². The molecule has 1 N–H and O–H groups in total. The van der Waals surface area contributed by atoms with E-state index in [4.69, 9.17) is 11.6 Å². The van der Waals surface area contributed by atoms with Crippen LogP contribution in [0.4, 0.5) is 0 Å². The van der Waals surface area contributed by atoms with Crippen LogP contribution in [0.25, 0.3) is 0 Å². The van der Waals surface area contributed by atoms with E-state index in [0.29, 0.717) is 6.04 Å². The molecule has 0 amide bonds. The smallest absolute Gasteiger partial charge is 0.0551 e. The predicted octanol–water partition coefficient (Wildman–Crippen LogP) is 5.52. The molecule has 3 heteroatoms. The van der Waals surface area contributed by atoms with Crippen molar-refractivity contribution < 1.29 is 0 Å². The Hall–Kier alpha value is -0.830. The van der Waals surface area contributed by atoms with Gasteiger partial charge in [-0.25, -0.2) is 0 Å². The average molecular weight is 353 g/mol. The van der Waals surface area contributed by atoms with E-state index in [2.05, 4.69) is 65.4 Å². The number of hydrogen-bond donors (Lipinski definition) is 1. The van der Waals surface area contributed by atoms with Gasteiger partial charge in [-0.3, -0.25) is 0 Å². The minimum absolute atomic E-state index is 0.323.